The number of carbonyl (C=O) groups excluding carboxylic acids is 2. The smallest absolute Gasteiger partial charge is 0.248 e. The molecule has 1 saturated carbocycles. The molecule has 0 radical (unpaired) electrons. The highest BCUT2D eigenvalue weighted by molar-refractivity contribution is 7.10. The summed E-state index contributed by atoms with van der Waals surface area (Å²) >= 11 is 1.46. The van der Waals surface area contributed by atoms with Crippen molar-refractivity contribution in [3.8, 4) is 11.5 Å². The van der Waals surface area contributed by atoms with Crippen LogP contribution in [-0.2, 0) is 16.0 Å². The minimum Gasteiger partial charge on any atom is -0.493 e. The Morgan fingerprint density at radius 3 is 2.44 bits per heavy atom. The largest absolute Gasteiger partial charge is 0.493 e. The number of anilines is 1. The van der Waals surface area contributed by atoms with Crippen LogP contribution in [0.4, 0.5) is 10.1 Å². The Bertz CT molecular complexity index is 1180. The summed E-state index contributed by atoms with van der Waals surface area (Å²) in [6.45, 7) is 0. The standard InChI is InChI=1S/C28H31FN2O4S/c1-34-24-15-14-20(17-25(24)35-2)31(26(32)18-21-11-8-16-36-21)27(22-12-6-7-13-23(22)29)28(33)30-19-9-4-3-5-10-19/h6-8,11-17,19,27H,3-5,9-10,18H2,1-2H3,(H,30,33). The van der Waals surface area contributed by atoms with Crippen molar-refractivity contribution in [2.75, 3.05) is 19.1 Å². The highest BCUT2D eigenvalue weighted by Crippen LogP contribution is 2.37. The summed E-state index contributed by atoms with van der Waals surface area (Å²) in [4.78, 5) is 29.9. The molecule has 4 rings (SSSR count). The summed E-state index contributed by atoms with van der Waals surface area (Å²) in [5.74, 6) is -0.376. The van der Waals surface area contributed by atoms with Crippen molar-refractivity contribution in [3.63, 3.8) is 0 Å². The molecule has 1 aromatic heterocycles. The Morgan fingerprint density at radius 2 is 1.78 bits per heavy atom. The van der Waals surface area contributed by atoms with Gasteiger partial charge in [0.05, 0.1) is 20.6 Å². The summed E-state index contributed by atoms with van der Waals surface area (Å²) in [5, 5.41) is 5.00. The molecule has 1 atom stereocenters. The molecule has 0 aliphatic heterocycles. The Balaban J connectivity index is 1.81. The third kappa shape index (κ3) is 5.87. The van der Waals surface area contributed by atoms with Gasteiger partial charge >= 0.3 is 0 Å². The molecule has 3 aromatic rings. The molecule has 1 N–H and O–H groups in total. The number of hydrogen-bond acceptors (Lipinski definition) is 5. The van der Waals surface area contributed by atoms with Gasteiger partial charge in [0, 0.05) is 28.2 Å². The molecule has 1 aliphatic rings. The zero-order valence-corrected chi connectivity index (χ0v) is 21.4. The Hall–Kier alpha value is -3.39. The van der Waals surface area contributed by atoms with Gasteiger partial charge in [0.15, 0.2) is 11.5 Å². The first-order chi connectivity index (χ1) is 17.5. The predicted octanol–water partition coefficient (Wildman–Crippen LogP) is 5.67. The van der Waals surface area contributed by atoms with E-state index >= 15 is 4.39 Å². The van der Waals surface area contributed by atoms with Crippen LogP contribution in [0, 0.1) is 5.82 Å². The molecule has 0 saturated heterocycles. The van der Waals surface area contributed by atoms with Crippen LogP contribution in [0.5, 0.6) is 11.5 Å². The number of halogens is 1. The molecule has 1 heterocycles. The van der Waals surface area contributed by atoms with Crippen molar-refractivity contribution in [3.05, 3.63) is 76.2 Å². The van der Waals surface area contributed by atoms with Gasteiger partial charge in [-0.3, -0.25) is 14.5 Å². The highest BCUT2D eigenvalue weighted by atomic mass is 32.1. The van der Waals surface area contributed by atoms with Crippen LogP contribution in [0.25, 0.3) is 0 Å². The molecule has 0 bridgehead atoms. The Kier molecular flexibility index (Phi) is 8.59. The summed E-state index contributed by atoms with van der Waals surface area (Å²) in [7, 11) is 3.03. The van der Waals surface area contributed by atoms with E-state index in [1.54, 1.807) is 36.4 Å². The van der Waals surface area contributed by atoms with Crippen molar-refractivity contribution in [1.29, 1.82) is 0 Å². The first kappa shape index (κ1) is 25.7. The zero-order valence-electron chi connectivity index (χ0n) is 20.5. The first-order valence-corrected chi connectivity index (χ1v) is 13.0. The zero-order chi connectivity index (χ0) is 25.5. The molecule has 190 valence electrons. The van der Waals surface area contributed by atoms with Crippen LogP contribution < -0.4 is 19.7 Å². The summed E-state index contributed by atoms with van der Waals surface area (Å²) < 4.78 is 26.0. The fraction of sp³-hybridized carbons (Fsp3) is 0.357. The fourth-order valence-corrected chi connectivity index (χ4v) is 5.38. The second kappa shape index (κ2) is 12.0. The van der Waals surface area contributed by atoms with Gasteiger partial charge in [0.2, 0.25) is 11.8 Å². The van der Waals surface area contributed by atoms with Crippen molar-refractivity contribution < 1.29 is 23.5 Å². The SMILES string of the molecule is COc1ccc(N(C(=O)Cc2cccs2)C(C(=O)NC2CCCCC2)c2ccccc2F)cc1OC. The maximum Gasteiger partial charge on any atom is 0.248 e. The second-order valence-electron chi connectivity index (χ2n) is 8.83. The van der Waals surface area contributed by atoms with E-state index in [-0.39, 0.29) is 23.9 Å². The van der Waals surface area contributed by atoms with Gasteiger partial charge in [0.25, 0.3) is 0 Å². The van der Waals surface area contributed by atoms with Gasteiger partial charge < -0.3 is 14.8 Å². The number of methoxy groups -OCH3 is 2. The first-order valence-electron chi connectivity index (χ1n) is 12.1. The number of rotatable bonds is 9. The van der Waals surface area contributed by atoms with Crippen molar-refractivity contribution in [2.45, 2.75) is 50.6 Å². The number of nitrogens with one attached hydrogen (secondary N) is 1. The molecule has 6 nitrogen and oxygen atoms in total. The van der Waals surface area contributed by atoms with E-state index in [0.717, 1.165) is 37.0 Å². The topological polar surface area (TPSA) is 67.9 Å². The Morgan fingerprint density at radius 1 is 1.03 bits per heavy atom. The summed E-state index contributed by atoms with van der Waals surface area (Å²) in [6.07, 6.45) is 5.02. The number of thiophene rings is 1. The highest BCUT2D eigenvalue weighted by Gasteiger charge is 2.36. The molecule has 36 heavy (non-hydrogen) atoms. The molecule has 0 spiro atoms. The van der Waals surface area contributed by atoms with Crippen molar-refractivity contribution in [2.24, 2.45) is 0 Å². The molecule has 2 amide bonds. The molecule has 8 heteroatoms. The van der Waals surface area contributed by atoms with E-state index in [0.29, 0.717) is 17.2 Å². The summed E-state index contributed by atoms with van der Waals surface area (Å²) in [5.41, 5.74) is 0.557. The minimum absolute atomic E-state index is 0.000162. The monoisotopic (exact) mass is 510 g/mol. The van der Waals surface area contributed by atoms with Crippen molar-refractivity contribution in [1.82, 2.24) is 5.32 Å². The molecular formula is C28H31FN2O4S. The number of hydrogen-bond donors (Lipinski definition) is 1. The van der Waals surface area contributed by atoms with Crippen LogP contribution in [-0.4, -0.2) is 32.1 Å². The lowest BCUT2D eigenvalue weighted by Gasteiger charge is -2.34. The van der Waals surface area contributed by atoms with Crippen molar-refractivity contribution >= 4 is 28.8 Å². The fourth-order valence-electron chi connectivity index (χ4n) is 4.68. The van der Waals surface area contributed by atoms with Crippen LogP contribution in [0.15, 0.2) is 60.0 Å². The van der Waals surface area contributed by atoms with Gasteiger partial charge in [-0.1, -0.05) is 43.5 Å². The Labute approximate surface area is 215 Å². The van der Waals surface area contributed by atoms with Gasteiger partial charge in [-0.2, -0.15) is 0 Å². The van der Waals surface area contributed by atoms with Crippen LogP contribution in [0.3, 0.4) is 0 Å². The normalized spacial score (nSPS) is 14.6. The lowest BCUT2D eigenvalue weighted by Crippen LogP contribution is -2.48. The second-order valence-corrected chi connectivity index (χ2v) is 9.86. The van der Waals surface area contributed by atoms with Gasteiger partial charge in [0.1, 0.15) is 11.9 Å². The third-order valence-electron chi connectivity index (χ3n) is 6.48. The molecule has 1 aliphatic carbocycles. The maximum atomic E-state index is 15.2. The number of nitrogens with zero attached hydrogens (tertiary/aromatic N) is 1. The minimum atomic E-state index is -1.20. The number of benzene rings is 2. The van der Waals surface area contributed by atoms with E-state index in [1.807, 2.05) is 17.5 Å². The van der Waals surface area contributed by atoms with Crippen LogP contribution in [0.2, 0.25) is 0 Å². The van der Waals surface area contributed by atoms with Crippen LogP contribution in [0.1, 0.15) is 48.6 Å². The molecule has 1 unspecified atom stereocenters. The van der Waals surface area contributed by atoms with E-state index < -0.39 is 17.8 Å². The molecular weight excluding hydrogens is 479 g/mol. The number of amides is 2. The van der Waals surface area contributed by atoms with E-state index in [2.05, 4.69) is 5.32 Å². The van der Waals surface area contributed by atoms with E-state index in [4.69, 9.17) is 9.47 Å². The third-order valence-corrected chi connectivity index (χ3v) is 7.35. The van der Waals surface area contributed by atoms with E-state index in [9.17, 15) is 9.59 Å². The number of ether oxygens (including phenoxy) is 2. The van der Waals surface area contributed by atoms with E-state index in [1.165, 1.54) is 36.5 Å². The average molecular weight is 511 g/mol. The average Bonchev–Trinajstić information content (AvgIpc) is 3.41. The van der Waals surface area contributed by atoms with Gasteiger partial charge in [-0.15, -0.1) is 11.3 Å². The summed E-state index contributed by atoms with van der Waals surface area (Å²) in [6, 6.07) is 13.7. The van der Waals surface area contributed by atoms with Crippen LogP contribution >= 0.6 is 11.3 Å². The quantitative estimate of drug-likeness (QED) is 0.403. The molecule has 2 aromatic carbocycles. The lowest BCUT2D eigenvalue weighted by atomic mass is 9.94. The van der Waals surface area contributed by atoms with Gasteiger partial charge in [-0.05, 0) is 42.5 Å². The number of carbonyl (C=O) groups is 2. The maximum absolute atomic E-state index is 15.2. The molecule has 1 fully saturated rings. The van der Waals surface area contributed by atoms with Gasteiger partial charge in [-0.25, -0.2) is 4.39 Å². The lowest BCUT2D eigenvalue weighted by molar-refractivity contribution is -0.127. The predicted molar refractivity (Wildman–Crippen MR) is 139 cm³/mol.